The Morgan fingerprint density at radius 3 is 2.47 bits per heavy atom. The molecule has 0 aliphatic heterocycles. The van der Waals surface area contributed by atoms with E-state index in [2.05, 4.69) is 20.8 Å². The highest BCUT2D eigenvalue weighted by Gasteiger charge is 2.59. The average molecular weight is 443 g/mol. The first kappa shape index (κ1) is 24.0. The molecule has 0 saturated heterocycles. The summed E-state index contributed by atoms with van der Waals surface area (Å²) in [5.41, 5.74) is 1.82. The largest absolute Gasteiger partial charge is 0.462 e. The van der Waals surface area contributed by atoms with Crippen molar-refractivity contribution in [3.8, 4) is 0 Å². The molecule has 3 heteroatoms. The van der Waals surface area contributed by atoms with Crippen LogP contribution >= 0.6 is 0 Å². The van der Waals surface area contributed by atoms with E-state index in [1.165, 1.54) is 63.4 Å². The molecule has 0 aromatic carbocycles. The van der Waals surface area contributed by atoms with Crippen LogP contribution in [0.15, 0.2) is 11.6 Å². The van der Waals surface area contributed by atoms with E-state index in [9.17, 15) is 9.59 Å². The molecule has 3 fully saturated rings. The van der Waals surface area contributed by atoms with E-state index in [1.54, 1.807) is 0 Å². The van der Waals surface area contributed by atoms with Crippen LogP contribution in [0.1, 0.15) is 124 Å². The van der Waals surface area contributed by atoms with Crippen LogP contribution in [0.4, 0.5) is 0 Å². The van der Waals surface area contributed by atoms with E-state index in [0.29, 0.717) is 24.0 Å². The van der Waals surface area contributed by atoms with Crippen LogP contribution in [0.25, 0.3) is 0 Å². The molecule has 3 saturated carbocycles. The molecule has 3 nitrogen and oxygen atoms in total. The number of ether oxygens (including phenoxy) is 1. The van der Waals surface area contributed by atoms with E-state index >= 15 is 0 Å². The smallest absolute Gasteiger partial charge is 0.306 e. The van der Waals surface area contributed by atoms with Gasteiger partial charge < -0.3 is 4.74 Å². The van der Waals surface area contributed by atoms with Crippen molar-refractivity contribution >= 4 is 11.8 Å². The van der Waals surface area contributed by atoms with Crippen molar-refractivity contribution in [1.29, 1.82) is 0 Å². The normalized spacial score (nSPS) is 38.5. The molecule has 0 radical (unpaired) electrons. The van der Waals surface area contributed by atoms with Crippen LogP contribution in [0.2, 0.25) is 0 Å². The number of fused-ring (bicyclic) bond motifs is 5. The first-order valence-electron chi connectivity index (χ1n) is 13.8. The number of hydrogen-bond acceptors (Lipinski definition) is 3. The summed E-state index contributed by atoms with van der Waals surface area (Å²) in [5, 5.41) is 0. The second kappa shape index (κ2) is 10.0. The summed E-state index contributed by atoms with van der Waals surface area (Å²) < 4.78 is 6.16. The Kier molecular flexibility index (Phi) is 7.52. The van der Waals surface area contributed by atoms with Gasteiger partial charge in [0.15, 0.2) is 5.78 Å². The zero-order valence-electron chi connectivity index (χ0n) is 20.9. The summed E-state index contributed by atoms with van der Waals surface area (Å²) in [7, 11) is 0. The molecule has 180 valence electrons. The monoisotopic (exact) mass is 442 g/mol. The van der Waals surface area contributed by atoms with Gasteiger partial charge in [0.05, 0.1) is 0 Å². The molecule has 0 unspecified atom stereocenters. The van der Waals surface area contributed by atoms with Gasteiger partial charge in [0.2, 0.25) is 0 Å². The highest BCUT2D eigenvalue weighted by Crippen LogP contribution is 2.65. The number of carbonyl (C=O) groups excluding carboxylic acids is 2. The van der Waals surface area contributed by atoms with Crippen LogP contribution in [0, 0.1) is 28.6 Å². The van der Waals surface area contributed by atoms with Gasteiger partial charge in [-0.2, -0.15) is 0 Å². The van der Waals surface area contributed by atoms with Crippen molar-refractivity contribution in [3.05, 3.63) is 11.6 Å². The molecule has 32 heavy (non-hydrogen) atoms. The molecule has 0 amide bonds. The molecular formula is C29H46O3. The predicted octanol–water partition coefficient (Wildman–Crippen LogP) is 7.57. The lowest BCUT2D eigenvalue weighted by Gasteiger charge is -2.57. The number of unbranched alkanes of at least 4 members (excludes halogenated alkanes) is 6. The minimum absolute atomic E-state index is 0.0409. The van der Waals surface area contributed by atoms with Gasteiger partial charge in [-0.05, 0) is 80.6 Å². The van der Waals surface area contributed by atoms with E-state index in [4.69, 9.17) is 4.74 Å². The standard InChI is InChI=1S/C29H46O3/c1-4-5-6-7-8-9-10-11-27(31)32-26-15-14-24-23-13-12-21-20-22(30)16-18-28(21,2)25(23)17-19-29(24,26)3/h20,23-26H,4-19H2,1-3H3/t23-,24-,25-,26+,28+,29-/m1/s1. The second-order valence-corrected chi connectivity index (χ2v) is 11.9. The topological polar surface area (TPSA) is 43.4 Å². The van der Waals surface area contributed by atoms with Gasteiger partial charge >= 0.3 is 5.97 Å². The van der Waals surface area contributed by atoms with Crippen molar-refractivity contribution in [3.63, 3.8) is 0 Å². The maximum Gasteiger partial charge on any atom is 0.306 e. The quantitative estimate of drug-likeness (QED) is 0.273. The van der Waals surface area contributed by atoms with Crippen LogP contribution in [0.5, 0.6) is 0 Å². The summed E-state index contributed by atoms with van der Waals surface area (Å²) in [6, 6.07) is 0. The van der Waals surface area contributed by atoms with Crippen LogP contribution < -0.4 is 0 Å². The molecule has 0 N–H and O–H groups in total. The molecule has 0 heterocycles. The van der Waals surface area contributed by atoms with Gasteiger partial charge in [0.1, 0.15) is 6.10 Å². The van der Waals surface area contributed by atoms with E-state index in [0.717, 1.165) is 44.4 Å². The minimum Gasteiger partial charge on any atom is -0.462 e. The fourth-order valence-corrected chi connectivity index (χ4v) is 8.15. The highest BCUT2D eigenvalue weighted by atomic mass is 16.5. The Labute approximate surface area is 196 Å². The molecule has 0 aromatic heterocycles. The zero-order valence-corrected chi connectivity index (χ0v) is 20.9. The predicted molar refractivity (Wildman–Crippen MR) is 129 cm³/mol. The van der Waals surface area contributed by atoms with Crippen molar-refractivity contribution < 1.29 is 14.3 Å². The minimum atomic E-state index is 0.0409. The lowest BCUT2D eigenvalue weighted by atomic mass is 9.47. The van der Waals surface area contributed by atoms with Crippen molar-refractivity contribution in [2.24, 2.45) is 28.6 Å². The molecule has 0 bridgehead atoms. The fourth-order valence-electron chi connectivity index (χ4n) is 8.15. The second-order valence-electron chi connectivity index (χ2n) is 11.9. The Bertz CT molecular complexity index is 724. The molecular weight excluding hydrogens is 396 g/mol. The highest BCUT2D eigenvalue weighted by molar-refractivity contribution is 5.91. The van der Waals surface area contributed by atoms with Crippen LogP contribution in [0.3, 0.4) is 0 Å². The number of hydrogen-bond donors (Lipinski definition) is 0. The summed E-state index contributed by atoms with van der Waals surface area (Å²) in [6.07, 6.45) is 20.1. The number of rotatable bonds is 9. The maximum absolute atomic E-state index is 12.6. The van der Waals surface area contributed by atoms with Crippen LogP contribution in [-0.4, -0.2) is 17.9 Å². The summed E-state index contributed by atoms with van der Waals surface area (Å²) >= 11 is 0. The number of esters is 1. The molecule has 4 aliphatic rings. The first-order chi connectivity index (χ1) is 15.4. The zero-order chi connectivity index (χ0) is 22.8. The van der Waals surface area contributed by atoms with Gasteiger partial charge in [-0.1, -0.05) is 64.9 Å². The average Bonchev–Trinajstić information content (AvgIpc) is 3.10. The Morgan fingerprint density at radius 1 is 0.938 bits per heavy atom. The number of carbonyl (C=O) groups is 2. The maximum atomic E-state index is 12.6. The third kappa shape index (κ3) is 4.60. The van der Waals surface area contributed by atoms with Crippen molar-refractivity contribution in [2.75, 3.05) is 0 Å². The lowest BCUT2D eigenvalue weighted by molar-refractivity contribution is -0.160. The van der Waals surface area contributed by atoms with Crippen LogP contribution in [-0.2, 0) is 14.3 Å². The van der Waals surface area contributed by atoms with Gasteiger partial charge in [-0.25, -0.2) is 0 Å². The fraction of sp³-hybridized carbons (Fsp3) is 0.862. The van der Waals surface area contributed by atoms with Crippen molar-refractivity contribution in [1.82, 2.24) is 0 Å². The van der Waals surface area contributed by atoms with E-state index < -0.39 is 0 Å². The third-order valence-electron chi connectivity index (χ3n) is 10.1. The molecule has 0 aromatic rings. The van der Waals surface area contributed by atoms with Gasteiger partial charge in [0.25, 0.3) is 0 Å². The Morgan fingerprint density at radius 2 is 1.69 bits per heavy atom. The number of allylic oxidation sites excluding steroid dienone is 1. The number of ketones is 1. The van der Waals surface area contributed by atoms with Gasteiger partial charge in [-0.15, -0.1) is 0 Å². The molecule has 6 atom stereocenters. The summed E-state index contributed by atoms with van der Waals surface area (Å²) in [6.45, 7) is 7.11. The molecule has 4 aliphatic carbocycles. The first-order valence-corrected chi connectivity index (χ1v) is 13.8. The van der Waals surface area contributed by atoms with Gasteiger partial charge in [-0.3, -0.25) is 9.59 Å². The van der Waals surface area contributed by atoms with E-state index in [-0.39, 0.29) is 22.9 Å². The molecule has 4 rings (SSSR count). The summed E-state index contributed by atoms with van der Waals surface area (Å²) in [5.74, 6) is 2.49. The van der Waals surface area contributed by atoms with Gasteiger partial charge in [0, 0.05) is 18.3 Å². The third-order valence-corrected chi connectivity index (χ3v) is 10.1. The SMILES string of the molecule is CCCCCCCCCC(=O)O[C@H]1CC[C@@H]2[C@H]3CCC4=CC(=O)CC[C@]4(C)[C@@H]3CC[C@@]12C. The summed E-state index contributed by atoms with van der Waals surface area (Å²) in [4.78, 5) is 24.7. The molecule has 0 spiro atoms. The van der Waals surface area contributed by atoms with E-state index in [1.807, 2.05) is 6.08 Å². The lowest BCUT2D eigenvalue weighted by Crippen LogP contribution is -2.51. The Hall–Kier alpha value is -1.12. The Balaban J connectivity index is 1.31. The van der Waals surface area contributed by atoms with Crippen molar-refractivity contribution in [2.45, 2.75) is 130 Å².